The van der Waals surface area contributed by atoms with Crippen molar-refractivity contribution in [3.05, 3.63) is 29.8 Å². The molecule has 4 nitrogen and oxygen atoms in total. The predicted molar refractivity (Wildman–Crippen MR) is 92.9 cm³/mol. The van der Waals surface area contributed by atoms with Crippen LogP contribution in [0, 0.1) is 12.8 Å². The van der Waals surface area contributed by atoms with Crippen molar-refractivity contribution in [2.75, 3.05) is 18.4 Å². The maximum absolute atomic E-state index is 11.8. The van der Waals surface area contributed by atoms with Gasteiger partial charge in [-0.05, 0) is 56.5 Å². The Morgan fingerprint density at radius 1 is 1.18 bits per heavy atom. The lowest BCUT2D eigenvalue weighted by Crippen LogP contribution is -2.48. The molecule has 0 spiro atoms. The van der Waals surface area contributed by atoms with E-state index in [4.69, 9.17) is 12.2 Å². The molecule has 0 atom stereocenters. The number of nitrogens with one attached hydrogen (secondary N) is 2. The Morgan fingerprint density at radius 3 is 2.50 bits per heavy atom. The van der Waals surface area contributed by atoms with Crippen LogP contribution in [0.4, 0.5) is 5.69 Å². The minimum absolute atomic E-state index is 0.249. The molecule has 22 heavy (non-hydrogen) atoms. The summed E-state index contributed by atoms with van der Waals surface area (Å²) < 4.78 is 0. The van der Waals surface area contributed by atoms with Gasteiger partial charge < -0.3 is 15.5 Å². The predicted octanol–water partition coefficient (Wildman–Crippen LogP) is 2.68. The number of piperidine rings is 1. The van der Waals surface area contributed by atoms with E-state index in [1.165, 1.54) is 5.56 Å². The lowest BCUT2D eigenvalue weighted by molar-refractivity contribution is -0.123. The number of carbonyl (C=O) groups excluding carboxylic acids is 1. The molecule has 0 bridgehead atoms. The summed E-state index contributed by atoms with van der Waals surface area (Å²) in [6, 6.07) is 8.47. The normalized spacial score (nSPS) is 18.9. The van der Waals surface area contributed by atoms with Crippen LogP contribution in [0.25, 0.3) is 0 Å². The fraction of sp³-hybridized carbons (Fsp3) is 0.529. The van der Waals surface area contributed by atoms with Crippen molar-refractivity contribution in [3.63, 3.8) is 0 Å². The molecule has 5 heteroatoms. The van der Waals surface area contributed by atoms with E-state index in [-0.39, 0.29) is 5.91 Å². The van der Waals surface area contributed by atoms with Crippen molar-refractivity contribution < 1.29 is 4.79 Å². The number of thiocarbonyl (C=S) groups is 1. The van der Waals surface area contributed by atoms with Gasteiger partial charge in [0.2, 0.25) is 5.91 Å². The summed E-state index contributed by atoms with van der Waals surface area (Å²) in [6.45, 7) is 3.87. The fourth-order valence-electron chi connectivity index (χ4n) is 2.80. The number of rotatable bonds is 3. The van der Waals surface area contributed by atoms with Crippen LogP contribution in [0.3, 0.4) is 0 Å². The highest BCUT2D eigenvalue weighted by molar-refractivity contribution is 7.80. The van der Waals surface area contributed by atoms with Crippen LogP contribution in [0.5, 0.6) is 0 Å². The molecule has 1 aromatic rings. The third-order valence-corrected chi connectivity index (χ3v) is 4.82. The molecule has 0 unspecified atom stereocenters. The van der Waals surface area contributed by atoms with Crippen LogP contribution in [0.2, 0.25) is 0 Å². The summed E-state index contributed by atoms with van der Waals surface area (Å²) in [5.41, 5.74) is 2.26. The number of carbonyl (C=O) groups is 1. The van der Waals surface area contributed by atoms with E-state index in [0.29, 0.717) is 12.0 Å². The molecular formula is C17H23N3OS. The highest BCUT2D eigenvalue weighted by Gasteiger charge is 2.32. The summed E-state index contributed by atoms with van der Waals surface area (Å²) >= 11 is 5.52. The molecule has 0 aromatic heterocycles. The van der Waals surface area contributed by atoms with E-state index in [2.05, 4.69) is 28.5 Å². The third-order valence-electron chi connectivity index (χ3n) is 4.46. The number of para-hydroxylation sites is 1. The van der Waals surface area contributed by atoms with Gasteiger partial charge in [0, 0.05) is 30.7 Å². The van der Waals surface area contributed by atoms with Crippen molar-refractivity contribution in [2.24, 2.45) is 5.92 Å². The topological polar surface area (TPSA) is 44.4 Å². The van der Waals surface area contributed by atoms with E-state index in [1.54, 1.807) is 0 Å². The Hall–Kier alpha value is -1.62. The molecule has 1 heterocycles. The SMILES string of the molecule is Cc1ccccc1NC(=S)N1CCC(NC(=O)C2CC2)CC1. The smallest absolute Gasteiger partial charge is 0.223 e. The molecule has 2 aliphatic rings. The van der Waals surface area contributed by atoms with Gasteiger partial charge in [0.05, 0.1) is 0 Å². The number of aryl methyl sites for hydroxylation is 1. The van der Waals surface area contributed by atoms with Crippen LogP contribution in [0.1, 0.15) is 31.2 Å². The number of amides is 1. The molecule has 1 amide bonds. The number of likely N-dealkylation sites (tertiary alicyclic amines) is 1. The zero-order valence-electron chi connectivity index (χ0n) is 13.0. The Labute approximate surface area is 137 Å². The highest BCUT2D eigenvalue weighted by Crippen LogP contribution is 2.29. The fourth-order valence-corrected chi connectivity index (χ4v) is 3.09. The number of hydrogen-bond donors (Lipinski definition) is 2. The lowest BCUT2D eigenvalue weighted by atomic mass is 10.1. The van der Waals surface area contributed by atoms with Gasteiger partial charge in [-0.25, -0.2) is 0 Å². The van der Waals surface area contributed by atoms with Gasteiger partial charge in [-0.15, -0.1) is 0 Å². The second kappa shape index (κ2) is 6.65. The summed E-state index contributed by atoms with van der Waals surface area (Å²) in [5.74, 6) is 0.542. The number of benzene rings is 1. The number of nitrogens with zero attached hydrogens (tertiary/aromatic N) is 1. The summed E-state index contributed by atoms with van der Waals surface area (Å²) in [4.78, 5) is 14.0. The zero-order chi connectivity index (χ0) is 15.5. The van der Waals surface area contributed by atoms with E-state index in [1.807, 2.05) is 18.2 Å². The summed E-state index contributed by atoms with van der Waals surface area (Å²) in [6.07, 6.45) is 4.06. The summed E-state index contributed by atoms with van der Waals surface area (Å²) in [7, 11) is 0. The second-order valence-electron chi connectivity index (χ2n) is 6.29. The molecule has 2 N–H and O–H groups in total. The lowest BCUT2D eigenvalue weighted by Gasteiger charge is -2.34. The largest absolute Gasteiger partial charge is 0.353 e. The quantitative estimate of drug-likeness (QED) is 0.841. The molecule has 3 rings (SSSR count). The van der Waals surface area contributed by atoms with Crippen LogP contribution in [-0.4, -0.2) is 35.1 Å². The van der Waals surface area contributed by atoms with Gasteiger partial charge in [0.15, 0.2) is 5.11 Å². The van der Waals surface area contributed by atoms with E-state index in [0.717, 1.165) is 49.6 Å². The maximum Gasteiger partial charge on any atom is 0.223 e. The molecule has 2 fully saturated rings. The first-order valence-electron chi connectivity index (χ1n) is 8.05. The summed E-state index contributed by atoms with van der Waals surface area (Å²) in [5, 5.41) is 7.28. The van der Waals surface area contributed by atoms with Crippen molar-refractivity contribution in [1.29, 1.82) is 0 Å². The van der Waals surface area contributed by atoms with Crippen LogP contribution < -0.4 is 10.6 Å². The van der Waals surface area contributed by atoms with Crippen LogP contribution in [-0.2, 0) is 4.79 Å². The molecule has 1 aliphatic carbocycles. The van der Waals surface area contributed by atoms with Crippen molar-refractivity contribution in [3.8, 4) is 0 Å². The Balaban J connectivity index is 1.47. The Kier molecular flexibility index (Phi) is 4.62. The van der Waals surface area contributed by atoms with E-state index >= 15 is 0 Å². The third kappa shape index (κ3) is 3.77. The molecule has 1 saturated carbocycles. The van der Waals surface area contributed by atoms with Gasteiger partial charge in [-0.2, -0.15) is 0 Å². The first-order chi connectivity index (χ1) is 10.6. The van der Waals surface area contributed by atoms with Crippen molar-refractivity contribution in [1.82, 2.24) is 10.2 Å². The minimum atomic E-state index is 0.249. The monoisotopic (exact) mass is 317 g/mol. The molecule has 118 valence electrons. The average molecular weight is 317 g/mol. The van der Waals surface area contributed by atoms with Gasteiger partial charge in [-0.3, -0.25) is 4.79 Å². The first-order valence-corrected chi connectivity index (χ1v) is 8.46. The Bertz CT molecular complexity index is 563. The number of anilines is 1. The molecule has 0 radical (unpaired) electrons. The van der Waals surface area contributed by atoms with E-state index in [9.17, 15) is 4.79 Å². The van der Waals surface area contributed by atoms with Gasteiger partial charge in [-0.1, -0.05) is 18.2 Å². The molecule has 1 aliphatic heterocycles. The van der Waals surface area contributed by atoms with Gasteiger partial charge in [0.25, 0.3) is 0 Å². The van der Waals surface area contributed by atoms with Crippen molar-refractivity contribution in [2.45, 2.75) is 38.6 Å². The zero-order valence-corrected chi connectivity index (χ0v) is 13.8. The molecule has 1 aromatic carbocycles. The van der Waals surface area contributed by atoms with Crippen LogP contribution in [0.15, 0.2) is 24.3 Å². The average Bonchev–Trinajstić information content (AvgIpc) is 3.35. The van der Waals surface area contributed by atoms with Crippen LogP contribution >= 0.6 is 12.2 Å². The maximum atomic E-state index is 11.8. The van der Waals surface area contributed by atoms with Crippen molar-refractivity contribution >= 4 is 28.9 Å². The highest BCUT2D eigenvalue weighted by atomic mass is 32.1. The standard InChI is InChI=1S/C17H23N3OS/c1-12-4-2-3-5-15(12)19-17(22)20-10-8-14(9-11-20)18-16(21)13-6-7-13/h2-5,13-14H,6-11H2,1H3,(H,18,21)(H,19,22). The molecular weight excluding hydrogens is 294 g/mol. The first kappa shape index (κ1) is 15.3. The number of hydrogen-bond acceptors (Lipinski definition) is 2. The van der Waals surface area contributed by atoms with Gasteiger partial charge >= 0.3 is 0 Å². The Morgan fingerprint density at radius 2 is 1.86 bits per heavy atom. The van der Waals surface area contributed by atoms with E-state index < -0.39 is 0 Å². The van der Waals surface area contributed by atoms with Gasteiger partial charge in [0.1, 0.15) is 0 Å². The second-order valence-corrected chi connectivity index (χ2v) is 6.68. The minimum Gasteiger partial charge on any atom is -0.353 e. The molecule has 1 saturated heterocycles.